The first-order chi connectivity index (χ1) is 8.35. The molecule has 1 atom stereocenters. The zero-order valence-electron chi connectivity index (χ0n) is 12.3. The molecule has 0 bridgehead atoms. The third kappa shape index (κ3) is 4.14. The molecule has 1 heteroatoms. The Balaban J connectivity index is 2.95. The summed E-state index contributed by atoms with van der Waals surface area (Å²) in [6.45, 7) is 12.7. The van der Waals surface area contributed by atoms with E-state index < -0.39 is 0 Å². The Morgan fingerprint density at radius 3 is 2.61 bits per heavy atom. The van der Waals surface area contributed by atoms with Crippen LogP contribution in [-0.4, -0.2) is 12.8 Å². The van der Waals surface area contributed by atoms with Crippen LogP contribution in [0.25, 0.3) is 0 Å². The third-order valence-electron chi connectivity index (χ3n) is 3.15. The van der Waals surface area contributed by atoms with Crippen molar-refractivity contribution in [2.75, 3.05) is 7.05 Å². The van der Waals surface area contributed by atoms with Crippen LogP contribution in [-0.2, 0) is 0 Å². The van der Waals surface area contributed by atoms with Gasteiger partial charge in [0.2, 0.25) is 0 Å². The quantitative estimate of drug-likeness (QED) is 0.499. The highest BCUT2D eigenvalue weighted by Gasteiger charge is 2.16. The molecular weight excluding hydrogens is 218 g/mol. The molecule has 0 aromatic heterocycles. The zero-order valence-corrected chi connectivity index (χ0v) is 12.3. The van der Waals surface area contributed by atoms with E-state index in [4.69, 9.17) is 0 Å². The summed E-state index contributed by atoms with van der Waals surface area (Å²) in [6.07, 6.45) is 11.9. The van der Waals surface area contributed by atoms with Crippen molar-refractivity contribution < 1.29 is 0 Å². The first-order valence-corrected chi connectivity index (χ1v) is 6.56. The highest BCUT2D eigenvalue weighted by atomic mass is 14.7. The molecule has 98 valence electrons. The van der Waals surface area contributed by atoms with Crippen LogP contribution in [0.4, 0.5) is 0 Å². The van der Waals surface area contributed by atoms with Crippen molar-refractivity contribution in [1.29, 1.82) is 0 Å². The second-order valence-electron chi connectivity index (χ2n) is 5.81. The van der Waals surface area contributed by atoms with Gasteiger partial charge in [-0.05, 0) is 18.9 Å². The lowest BCUT2D eigenvalue weighted by Crippen LogP contribution is -2.13. The van der Waals surface area contributed by atoms with E-state index >= 15 is 0 Å². The summed E-state index contributed by atoms with van der Waals surface area (Å²) < 4.78 is 0. The van der Waals surface area contributed by atoms with Crippen LogP contribution in [0.5, 0.6) is 0 Å². The van der Waals surface area contributed by atoms with Crippen molar-refractivity contribution >= 4 is 5.71 Å². The molecule has 0 N–H and O–H groups in total. The van der Waals surface area contributed by atoms with Crippen molar-refractivity contribution in [1.82, 2.24) is 0 Å². The average molecular weight is 243 g/mol. The third-order valence-corrected chi connectivity index (χ3v) is 3.15. The Labute approximate surface area is 112 Å². The van der Waals surface area contributed by atoms with E-state index in [0.29, 0.717) is 5.92 Å². The normalized spacial score (nSPS) is 20.3. The molecule has 1 nitrogen and oxygen atoms in total. The molecule has 1 unspecified atom stereocenters. The van der Waals surface area contributed by atoms with Gasteiger partial charge in [-0.1, -0.05) is 56.7 Å². The average Bonchev–Trinajstić information content (AvgIpc) is 2.40. The largest absolute Gasteiger partial charge is 0.292 e. The molecule has 18 heavy (non-hydrogen) atoms. The van der Waals surface area contributed by atoms with Crippen LogP contribution in [0.2, 0.25) is 0 Å². The van der Waals surface area contributed by atoms with Crippen molar-refractivity contribution in [3.05, 3.63) is 48.1 Å². The second kappa shape index (κ2) is 5.99. The summed E-state index contributed by atoms with van der Waals surface area (Å²) in [7, 11) is 1.87. The summed E-state index contributed by atoms with van der Waals surface area (Å²) in [5, 5.41) is 0. The van der Waals surface area contributed by atoms with Crippen LogP contribution < -0.4 is 0 Å². The van der Waals surface area contributed by atoms with Crippen LogP contribution >= 0.6 is 0 Å². The van der Waals surface area contributed by atoms with Crippen molar-refractivity contribution in [3.8, 4) is 0 Å². The molecule has 0 aromatic carbocycles. The number of aliphatic imine (C=N–C) groups is 1. The second-order valence-corrected chi connectivity index (χ2v) is 5.81. The minimum atomic E-state index is 0.120. The summed E-state index contributed by atoms with van der Waals surface area (Å²) >= 11 is 0. The van der Waals surface area contributed by atoms with E-state index in [1.807, 2.05) is 7.05 Å². The van der Waals surface area contributed by atoms with Crippen molar-refractivity contribution in [3.63, 3.8) is 0 Å². The lowest BCUT2D eigenvalue weighted by atomic mass is 9.90. The van der Waals surface area contributed by atoms with Gasteiger partial charge < -0.3 is 0 Å². The highest BCUT2D eigenvalue weighted by molar-refractivity contribution is 6.04. The van der Waals surface area contributed by atoms with Gasteiger partial charge in [0, 0.05) is 24.1 Å². The minimum Gasteiger partial charge on any atom is -0.292 e. The number of rotatable bonds is 4. The topological polar surface area (TPSA) is 12.4 Å². The van der Waals surface area contributed by atoms with Gasteiger partial charge in [0.15, 0.2) is 0 Å². The van der Waals surface area contributed by atoms with E-state index in [0.717, 1.165) is 12.1 Å². The molecule has 0 aromatic rings. The van der Waals surface area contributed by atoms with E-state index in [1.54, 1.807) is 0 Å². The number of allylic oxidation sites excluding steroid dienone is 7. The maximum Gasteiger partial charge on any atom is 0.0448 e. The smallest absolute Gasteiger partial charge is 0.0448 e. The molecule has 0 heterocycles. The standard InChI is InChI=1S/C17H25N/c1-13(2)12-14(3)16(18-6)15-8-7-10-17(4,5)11-9-15/h7-11,14H,1,12H2,2-6H3/b18-16+. The minimum absolute atomic E-state index is 0.120. The highest BCUT2D eigenvalue weighted by Crippen LogP contribution is 2.25. The van der Waals surface area contributed by atoms with Gasteiger partial charge >= 0.3 is 0 Å². The Morgan fingerprint density at radius 2 is 2.06 bits per heavy atom. The molecule has 0 fully saturated rings. The predicted molar refractivity (Wildman–Crippen MR) is 82.1 cm³/mol. The molecule has 1 aliphatic carbocycles. The molecule has 1 aliphatic rings. The summed E-state index contributed by atoms with van der Waals surface area (Å²) in [4.78, 5) is 4.48. The monoisotopic (exact) mass is 243 g/mol. The molecule has 0 spiro atoms. The van der Waals surface area contributed by atoms with Gasteiger partial charge in [0.1, 0.15) is 0 Å². The van der Waals surface area contributed by atoms with Gasteiger partial charge in [-0.25, -0.2) is 0 Å². The molecular formula is C17H25N. The van der Waals surface area contributed by atoms with E-state index in [1.165, 1.54) is 11.1 Å². The van der Waals surface area contributed by atoms with E-state index in [2.05, 4.69) is 69.6 Å². The van der Waals surface area contributed by atoms with Crippen LogP contribution in [0.15, 0.2) is 53.1 Å². The van der Waals surface area contributed by atoms with Gasteiger partial charge in [-0.3, -0.25) is 4.99 Å². The van der Waals surface area contributed by atoms with Crippen molar-refractivity contribution in [2.24, 2.45) is 16.3 Å². The van der Waals surface area contributed by atoms with Crippen LogP contribution in [0, 0.1) is 11.3 Å². The number of hydrogen-bond acceptors (Lipinski definition) is 1. The first kappa shape index (κ1) is 14.7. The molecule has 0 radical (unpaired) electrons. The maximum atomic E-state index is 4.48. The molecule has 0 amide bonds. The van der Waals surface area contributed by atoms with Gasteiger partial charge in [-0.2, -0.15) is 0 Å². The molecule has 0 saturated carbocycles. The summed E-state index contributed by atoms with van der Waals surface area (Å²) in [5.41, 5.74) is 3.71. The fourth-order valence-corrected chi connectivity index (χ4v) is 2.24. The van der Waals surface area contributed by atoms with Crippen LogP contribution in [0.1, 0.15) is 34.1 Å². The van der Waals surface area contributed by atoms with Crippen LogP contribution in [0.3, 0.4) is 0 Å². The maximum absolute atomic E-state index is 4.48. The molecule has 0 saturated heterocycles. The lowest BCUT2D eigenvalue weighted by Gasteiger charge is -2.16. The summed E-state index contributed by atoms with van der Waals surface area (Å²) in [6, 6.07) is 0. The SMILES string of the molecule is C=C(C)CC(C)/C(=N\C)C1=CC=CC(C)(C)C=C1. The fourth-order valence-electron chi connectivity index (χ4n) is 2.24. The Kier molecular flexibility index (Phi) is 4.89. The van der Waals surface area contributed by atoms with Gasteiger partial charge in [0.05, 0.1) is 0 Å². The Hall–Kier alpha value is -1.37. The summed E-state index contributed by atoms with van der Waals surface area (Å²) in [5.74, 6) is 0.415. The number of hydrogen-bond donors (Lipinski definition) is 0. The molecule has 1 rings (SSSR count). The Bertz CT molecular complexity index is 431. The fraction of sp³-hybridized carbons (Fsp3) is 0.471. The predicted octanol–water partition coefficient (Wildman–Crippen LogP) is 4.74. The lowest BCUT2D eigenvalue weighted by molar-refractivity contribution is 0.627. The molecule has 0 aliphatic heterocycles. The van der Waals surface area contributed by atoms with E-state index in [9.17, 15) is 0 Å². The van der Waals surface area contributed by atoms with E-state index in [-0.39, 0.29) is 5.41 Å². The number of nitrogens with zero attached hydrogens (tertiary/aromatic N) is 1. The van der Waals surface area contributed by atoms with Gasteiger partial charge in [0.25, 0.3) is 0 Å². The van der Waals surface area contributed by atoms with Crippen molar-refractivity contribution in [2.45, 2.75) is 34.1 Å². The van der Waals surface area contributed by atoms with Gasteiger partial charge in [-0.15, -0.1) is 6.58 Å². The Morgan fingerprint density at radius 1 is 1.39 bits per heavy atom. The zero-order chi connectivity index (χ0) is 13.8. The first-order valence-electron chi connectivity index (χ1n) is 6.56.